The summed E-state index contributed by atoms with van der Waals surface area (Å²) in [6.45, 7) is 2.96. The molecule has 0 aromatic heterocycles. The van der Waals surface area contributed by atoms with Crippen molar-refractivity contribution in [1.29, 1.82) is 0 Å². The lowest BCUT2D eigenvalue weighted by atomic mass is 9.74. The first-order chi connectivity index (χ1) is 13.9. The van der Waals surface area contributed by atoms with Crippen LogP contribution >= 0.6 is 0 Å². The molecule has 160 valence electrons. The van der Waals surface area contributed by atoms with Crippen LogP contribution in [0.15, 0.2) is 48.5 Å². The lowest BCUT2D eigenvalue weighted by Crippen LogP contribution is -2.39. The van der Waals surface area contributed by atoms with Gasteiger partial charge in [-0.3, -0.25) is 0 Å². The second kappa shape index (κ2) is 11.2. The number of benzene rings is 2. The molecule has 0 amide bonds. The van der Waals surface area contributed by atoms with E-state index in [4.69, 9.17) is 9.47 Å². The van der Waals surface area contributed by atoms with Crippen molar-refractivity contribution in [2.75, 3.05) is 34.9 Å². The molecule has 0 aliphatic heterocycles. The highest BCUT2D eigenvalue weighted by atomic mass is 16.5. The summed E-state index contributed by atoms with van der Waals surface area (Å²) in [5, 5.41) is 12.1. The van der Waals surface area contributed by atoms with E-state index >= 15 is 0 Å². The summed E-state index contributed by atoms with van der Waals surface area (Å²) in [5.41, 5.74) is 1.10. The SMILES string of the molecule is CCCCCCC(O)(c1ccc(OC)cc1)C(CN(C)C)c1ccc(OC)cc1. The van der Waals surface area contributed by atoms with Gasteiger partial charge in [-0.05, 0) is 55.9 Å². The number of unbranched alkanes of at least 4 members (excludes halogenated alkanes) is 3. The molecule has 0 fully saturated rings. The zero-order chi connectivity index (χ0) is 21.3. The fourth-order valence-corrected chi connectivity index (χ4v) is 3.95. The first kappa shape index (κ1) is 23.2. The van der Waals surface area contributed by atoms with Crippen LogP contribution in [-0.4, -0.2) is 44.9 Å². The molecule has 4 nitrogen and oxygen atoms in total. The van der Waals surface area contributed by atoms with Crippen molar-refractivity contribution in [3.63, 3.8) is 0 Å². The van der Waals surface area contributed by atoms with E-state index in [-0.39, 0.29) is 5.92 Å². The summed E-state index contributed by atoms with van der Waals surface area (Å²) in [6.07, 6.45) is 5.23. The van der Waals surface area contributed by atoms with Crippen molar-refractivity contribution in [2.24, 2.45) is 0 Å². The first-order valence-corrected chi connectivity index (χ1v) is 10.6. The van der Waals surface area contributed by atoms with E-state index in [0.29, 0.717) is 0 Å². The number of aliphatic hydroxyl groups is 1. The lowest BCUT2D eigenvalue weighted by Gasteiger charge is -2.39. The summed E-state index contributed by atoms with van der Waals surface area (Å²) in [7, 11) is 7.45. The Kier molecular flexibility index (Phi) is 8.99. The predicted molar refractivity (Wildman–Crippen MR) is 120 cm³/mol. The topological polar surface area (TPSA) is 41.9 Å². The van der Waals surface area contributed by atoms with Gasteiger partial charge in [-0.2, -0.15) is 0 Å². The Balaban J connectivity index is 2.45. The third-order valence-electron chi connectivity index (χ3n) is 5.64. The van der Waals surface area contributed by atoms with Gasteiger partial charge in [-0.1, -0.05) is 56.9 Å². The molecule has 0 aliphatic rings. The molecule has 2 aromatic carbocycles. The monoisotopic (exact) mass is 399 g/mol. The summed E-state index contributed by atoms with van der Waals surface area (Å²) >= 11 is 0. The van der Waals surface area contributed by atoms with Crippen molar-refractivity contribution >= 4 is 0 Å². The highest BCUT2D eigenvalue weighted by molar-refractivity contribution is 5.37. The number of methoxy groups -OCH3 is 2. The van der Waals surface area contributed by atoms with E-state index < -0.39 is 5.60 Å². The zero-order valence-electron chi connectivity index (χ0n) is 18.6. The first-order valence-electron chi connectivity index (χ1n) is 10.6. The second-order valence-electron chi connectivity index (χ2n) is 8.05. The smallest absolute Gasteiger partial charge is 0.118 e. The van der Waals surface area contributed by atoms with Gasteiger partial charge < -0.3 is 19.5 Å². The van der Waals surface area contributed by atoms with E-state index in [1.54, 1.807) is 14.2 Å². The Morgan fingerprint density at radius 2 is 1.41 bits per heavy atom. The maximum atomic E-state index is 12.1. The number of nitrogens with zero attached hydrogens (tertiary/aromatic N) is 1. The maximum absolute atomic E-state index is 12.1. The van der Waals surface area contributed by atoms with Crippen LogP contribution in [0.25, 0.3) is 0 Å². The van der Waals surface area contributed by atoms with Crippen molar-refractivity contribution in [2.45, 2.75) is 50.5 Å². The minimum absolute atomic E-state index is 0.0570. The van der Waals surface area contributed by atoms with Crippen molar-refractivity contribution in [3.8, 4) is 11.5 Å². The molecule has 2 rings (SSSR count). The van der Waals surface area contributed by atoms with E-state index in [0.717, 1.165) is 48.4 Å². The van der Waals surface area contributed by atoms with E-state index in [1.165, 1.54) is 12.8 Å². The van der Waals surface area contributed by atoms with Crippen LogP contribution in [0.3, 0.4) is 0 Å². The fraction of sp³-hybridized carbons (Fsp3) is 0.520. The maximum Gasteiger partial charge on any atom is 0.118 e. The van der Waals surface area contributed by atoms with Crippen LogP contribution in [0.4, 0.5) is 0 Å². The van der Waals surface area contributed by atoms with Crippen LogP contribution in [0.5, 0.6) is 11.5 Å². The molecule has 2 unspecified atom stereocenters. The average molecular weight is 400 g/mol. The minimum Gasteiger partial charge on any atom is -0.497 e. The second-order valence-corrected chi connectivity index (χ2v) is 8.05. The van der Waals surface area contributed by atoms with Crippen LogP contribution < -0.4 is 9.47 Å². The number of ether oxygens (including phenoxy) is 2. The molecule has 0 bridgehead atoms. The highest BCUT2D eigenvalue weighted by Crippen LogP contribution is 2.42. The number of hydrogen-bond acceptors (Lipinski definition) is 4. The van der Waals surface area contributed by atoms with Crippen LogP contribution in [0.1, 0.15) is 56.1 Å². The number of likely N-dealkylation sites (N-methyl/N-ethyl adjacent to an activating group) is 1. The lowest BCUT2D eigenvalue weighted by molar-refractivity contribution is -0.0114. The molecule has 2 atom stereocenters. The zero-order valence-corrected chi connectivity index (χ0v) is 18.6. The highest BCUT2D eigenvalue weighted by Gasteiger charge is 2.39. The molecule has 0 radical (unpaired) electrons. The van der Waals surface area contributed by atoms with Gasteiger partial charge in [0, 0.05) is 12.5 Å². The largest absolute Gasteiger partial charge is 0.497 e. The average Bonchev–Trinajstić information content (AvgIpc) is 2.75. The number of rotatable bonds is 12. The molecular formula is C25H37NO3. The molecule has 0 heterocycles. The third-order valence-corrected chi connectivity index (χ3v) is 5.64. The van der Waals surface area contributed by atoms with E-state index in [2.05, 4.69) is 38.1 Å². The summed E-state index contributed by atoms with van der Waals surface area (Å²) in [4.78, 5) is 2.15. The Bertz CT molecular complexity index is 712. The van der Waals surface area contributed by atoms with Crippen molar-refractivity contribution < 1.29 is 14.6 Å². The van der Waals surface area contributed by atoms with E-state index in [9.17, 15) is 5.11 Å². The Morgan fingerprint density at radius 3 is 1.90 bits per heavy atom. The quantitative estimate of drug-likeness (QED) is 0.498. The van der Waals surface area contributed by atoms with Crippen LogP contribution in [0, 0.1) is 0 Å². The molecule has 2 aromatic rings. The molecule has 0 saturated carbocycles. The molecule has 4 heteroatoms. The molecule has 1 N–H and O–H groups in total. The van der Waals surface area contributed by atoms with Gasteiger partial charge in [0.2, 0.25) is 0 Å². The Labute approximate surface area is 176 Å². The summed E-state index contributed by atoms with van der Waals surface area (Å²) < 4.78 is 10.7. The standard InChI is InChI=1S/C25H37NO3/c1-6-7-8-9-18-25(27,21-12-16-23(29-5)17-13-21)24(19-26(2)3)20-10-14-22(28-4)15-11-20/h10-17,24,27H,6-9,18-19H2,1-5H3. The molecule has 0 saturated heterocycles. The molecule has 0 spiro atoms. The summed E-state index contributed by atoms with van der Waals surface area (Å²) in [5.74, 6) is 1.57. The molecule has 29 heavy (non-hydrogen) atoms. The van der Waals surface area contributed by atoms with Crippen LogP contribution in [-0.2, 0) is 5.60 Å². The predicted octanol–water partition coefficient (Wildman–Crippen LogP) is 5.21. The van der Waals surface area contributed by atoms with Crippen LogP contribution in [0.2, 0.25) is 0 Å². The van der Waals surface area contributed by atoms with Crippen molar-refractivity contribution in [3.05, 3.63) is 59.7 Å². The van der Waals surface area contributed by atoms with Gasteiger partial charge in [-0.15, -0.1) is 0 Å². The normalized spacial score (nSPS) is 14.4. The van der Waals surface area contributed by atoms with Crippen molar-refractivity contribution in [1.82, 2.24) is 4.90 Å². The molecular weight excluding hydrogens is 362 g/mol. The van der Waals surface area contributed by atoms with Gasteiger partial charge in [0.05, 0.1) is 19.8 Å². The van der Waals surface area contributed by atoms with Gasteiger partial charge in [-0.25, -0.2) is 0 Å². The fourth-order valence-electron chi connectivity index (χ4n) is 3.95. The molecule has 0 aliphatic carbocycles. The van der Waals surface area contributed by atoms with Gasteiger partial charge in [0.15, 0.2) is 0 Å². The number of hydrogen-bond donors (Lipinski definition) is 1. The summed E-state index contributed by atoms with van der Waals surface area (Å²) in [6, 6.07) is 16.0. The minimum atomic E-state index is -0.959. The van der Waals surface area contributed by atoms with Gasteiger partial charge in [0.25, 0.3) is 0 Å². The van der Waals surface area contributed by atoms with E-state index in [1.807, 2.05) is 36.4 Å². The Hall–Kier alpha value is -2.04. The third kappa shape index (κ3) is 6.22. The Morgan fingerprint density at radius 1 is 0.862 bits per heavy atom. The van der Waals surface area contributed by atoms with Gasteiger partial charge in [0.1, 0.15) is 11.5 Å². The van der Waals surface area contributed by atoms with Gasteiger partial charge >= 0.3 is 0 Å².